The van der Waals surface area contributed by atoms with Crippen molar-refractivity contribution in [3.8, 4) is 0 Å². The maximum atomic E-state index is 10.8. The van der Waals surface area contributed by atoms with E-state index in [1.165, 1.54) is 12.4 Å². The maximum absolute atomic E-state index is 10.8. The Bertz CT molecular complexity index is 562. The minimum absolute atomic E-state index is 0.0543. The molecule has 2 aromatic rings. The van der Waals surface area contributed by atoms with Crippen LogP contribution in [0, 0.1) is 10.1 Å². The summed E-state index contributed by atoms with van der Waals surface area (Å²) >= 11 is 3.14. The van der Waals surface area contributed by atoms with Crippen LogP contribution >= 0.6 is 15.9 Å². The number of anilines is 1. The van der Waals surface area contributed by atoms with Crippen LogP contribution in [0.5, 0.6) is 0 Å². The summed E-state index contributed by atoms with van der Waals surface area (Å²) in [5, 5.41) is 13.9. The number of nitrogens with one attached hydrogen (secondary N) is 1. The molecule has 0 aliphatic rings. The number of hydrogen-bond acceptors (Lipinski definition) is 5. The van der Waals surface area contributed by atoms with E-state index in [0.29, 0.717) is 11.0 Å². The molecule has 7 heteroatoms. The lowest BCUT2D eigenvalue weighted by Gasteiger charge is -2.05. The first-order valence-corrected chi connectivity index (χ1v) is 5.88. The van der Waals surface area contributed by atoms with E-state index in [0.717, 1.165) is 11.3 Å². The van der Waals surface area contributed by atoms with Crippen LogP contribution in [0.15, 0.2) is 41.4 Å². The first-order valence-electron chi connectivity index (χ1n) is 5.08. The van der Waals surface area contributed by atoms with Gasteiger partial charge in [0.25, 0.3) is 5.69 Å². The molecule has 1 aromatic heterocycles. The van der Waals surface area contributed by atoms with Crippen LogP contribution in [-0.4, -0.2) is 14.9 Å². The molecule has 0 aliphatic heterocycles. The lowest BCUT2D eigenvalue weighted by atomic mass is 10.2. The van der Waals surface area contributed by atoms with Crippen LogP contribution < -0.4 is 5.32 Å². The molecular formula is C11H9BrN4O2. The van der Waals surface area contributed by atoms with E-state index in [2.05, 4.69) is 31.2 Å². The number of halogens is 1. The maximum Gasteiger partial charge on any atom is 0.283 e. The van der Waals surface area contributed by atoms with Crippen molar-refractivity contribution in [2.75, 3.05) is 5.32 Å². The zero-order valence-corrected chi connectivity index (χ0v) is 10.8. The number of hydrogen-bond donors (Lipinski definition) is 1. The van der Waals surface area contributed by atoms with Crippen molar-refractivity contribution in [1.82, 2.24) is 9.97 Å². The highest BCUT2D eigenvalue weighted by molar-refractivity contribution is 9.10. The second-order valence-corrected chi connectivity index (χ2v) is 4.38. The molecule has 0 unspecified atom stereocenters. The van der Waals surface area contributed by atoms with Crippen molar-refractivity contribution in [3.63, 3.8) is 0 Å². The Labute approximate surface area is 111 Å². The molecule has 0 bridgehead atoms. The van der Waals surface area contributed by atoms with Gasteiger partial charge in [0, 0.05) is 12.6 Å². The van der Waals surface area contributed by atoms with E-state index in [-0.39, 0.29) is 5.69 Å². The van der Waals surface area contributed by atoms with Gasteiger partial charge in [-0.3, -0.25) is 10.1 Å². The van der Waals surface area contributed by atoms with Crippen molar-refractivity contribution < 1.29 is 4.92 Å². The van der Waals surface area contributed by atoms with Gasteiger partial charge in [0.1, 0.15) is 6.33 Å². The van der Waals surface area contributed by atoms with Crippen molar-refractivity contribution in [3.05, 3.63) is 57.1 Å². The molecule has 18 heavy (non-hydrogen) atoms. The van der Waals surface area contributed by atoms with E-state index in [9.17, 15) is 10.1 Å². The van der Waals surface area contributed by atoms with Gasteiger partial charge in [-0.1, -0.05) is 6.07 Å². The molecule has 0 fully saturated rings. The Balaban J connectivity index is 2.11. The quantitative estimate of drug-likeness (QED) is 0.694. The second kappa shape index (κ2) is 5.54. The molecule has 0 amide bonds. The molecule has 0 spiro atoms. The van der Waals surface area contributed by atoms with Crippen LogP contribution in [0.2, 0.25) is 0 Å². The number of nitrogens with zero attached hydrogens (tertiary/aromatic N) is 3. The summed E-state index contributed by atoms with van der Waals surface area (Å²) in [4.78, 5) is 18.1. The topological polar surface area (TPSA) is 81.0 Å². The van der Waals surface area contributed by atoms with Crippen LogP contribution in [0.1, 0.15) is 5.56 Å². The standard InChI is InChI=1S/C11H9BrN4O2/c12-10-2-1-8(3-11(10)16(17)18)4-15-9-5-13-7-14-6-9/h1-3,5-7,15H,4H2. The Morgan fingerprint density at radius 1 is 1.33 bits per heavy atom. The first-order chi connectivity index (χ1) is 8.66. The summed E-state index contributed by atoms with van der Waals surface area (Å²) in [5.41, 5.74) is 1.63. The molecular weight excluding hydrogens is 300 g/mol. The van der Waals surface area contributed by atoms with Crippen molar-refractivity contribution >= 4 is 27.3 Å². The fourth-order valence-electron chi connectivity index (χ4n) is 1.40. The molecule has 92 valence electrons. The molecule has 0 radical (unpaired) electrons. The van der Waals surface area contributed by atoms with Gasteiger partial charge in [-0.2, -0.15) is 0 Å². The predicted octanol–water partition coefficient (Wildman–Crippen LogP) is 2.76. The van der Waals surface area contributed by atoms with Gasteiger partial charge < -0.3 is 5.32 Å². The lowest BCUT2D eigenvalue weighted by molar-refractivity contribution is -0.385. The third-order valence-corrected chi connectivity index (χ3v) is 2.94. The summed E-state index contributed by atoms with van der Waals surface area (Å²) in [6, 6.07) is 5.01. The Kier molecular flexibility index (Phi) is 3.83. The average molecular weight is 309 g/mol. The fourth-order valence-corrected chi connectivity index (χ4v) is 1.79. The summed E-state index contributed by atoms with van der Waals surface area (Å²) in [6.07, 6.45) is 4.72. The molecule has 2 rings (SSSR count). The number of benzene rings is 1. The zero-order chi connectivity index (χ0) is 13.0. The SMILES string of the molecule is O=[N+]([O-])c1cc(CNc2cncnc2)ccc1Br. The highest BCUT2D eigenvalue weighted by atomic mass is 79.9. The summed E-state index contributed by atoms with van der Waals surface area (Å²) in [5.74, 6) is 0. The smallest absolute Gasteiger partial charge is 0.283 e. The summed E-state index contributed by atoms with van der Waals surface area (Å²) in [6.45, 7) is 0.474. The summed E-state index contributed by atoms with van der Waals surface area (Å²) in [7, 11) is 0. The molecule has 1 N–H and O–H groups in total. The number of aromatic nitrogens is 2. The van der Waals surface area contributed by atoms with Gasteiger partial charge in [-0.05, 0) is 27.6 Å². The number of nitro benzene ring substituents is 1. The highest BCUT2D eigenvalue weighted by Crippen LogP contribution is 2.25. The molecule has 0 aliphatic carbocycles. The fraction of sp³-hybridized carbons (Fsp3) is 0.0909. The van der Waals surface area contributed by atoms with Crippen LogP contribution in [-0.2, 0) is 6.54 Å². The van der Waals surface area contributed by atoms with Crippen molar-refractivity contribution in [1.29, 1.82) is 0 Å². The molecule has 0 atom stereocenters. The second-order valence-electron chi connectivity index (χ2n) is 3.52. The van der Waals surface area contributed by atoms with E-state index in [1.807, 2.05) is 6.07 Å². The zero-order valence-electron chi connectivity index (χ0n) is 9.21. The minimum atomic E-state index is -0.417. The Morgan fingerprint density at radius 3 is 2.72 bits per heavy atom. The van der Waals surface area contributed by atoms with Gasteiger partial charge in [0.2, 0.25) is 0 Å². The van der Waals surface area contributed by atoms with Gasteiger partial charge in [0.15, 0.2) is 0 Å². The largest absolute Gasteiger partial charge is 0.378 e. The minimum Gasteiger partial charge on any atom is -0.378 e. The van der Waals surface area contributed by atoms with Crippen molar-refractivity contribution in [2.45, 2.75) is 6.54 Å². The van der Waals surface area contributed by atoms with E-state index in [1.54, 1.807) is 18.5 Å². The number of nitro groups is 1. The number of rotatable bonds is 4. The first kappa shape index (κ1) is 12.4. The molecule has 0 saturated heterocycles. The third kappa shape index (κ3) is 3.01. The van der Waals surface area contributed by atoms with E-state index in [4.69, 9.17) is 0 Å². The van der Waals surface area contributed by atoms with Gasteiger partial charge in [-0.15, -0.1) is 0 Å². The molecule has 0 saturated carbocycles. The van der Waals surface area contributed by atoms with Crippen molar-refractivity contribution in [2.24, 2.45) is 0 Å². The van der Waals surface area contributed by atoms with Crippen LogP contribution in [0.4, 0.5) is 11.4 Å². The van der Waals surface area contributed by atoms with Gasteiger partial charge in [-0.25, -0.2) is 9.97 Å². The van der Waals surface area contributed by atoms with Gasteiger partial charge >= 0.3 is 0 Å². The highest BCUT2D eigenvalue weighted by Gasteiger charge is 2.11. The average Bonchev–Trinajstić information content (AvgIpc) is 2.38. The van der Waals surface area contributed by atoms with Gasteiger partial charge in [0.05, 0.1) is 27.5 Å². The van der Waals surface area contributed by atoms with E-state index >= 15 is 0 Å². The Hall–Kier alpha value is -2.02. The monoisotopic (exact) mass is 308 g/mol. The third-order valence-electron chi connectivity index (χ3n) is 2.26. The normalized spacial score (nSPS) is 10.1. The molecule has 6 nitrogen and oxygen atoms in total. The summed E-state index contributed by atoms with van der Waals surface area (Å²) < 4.78 is 0.472. The van der Waals surface area contributed by atoms with E-state index < -0.39 is 4.92 Å². The molecule has 1 heterocycles. The Morgan fingerprint density at radius 2 is 2.06 bits per heavy atom. The predicted molar refractivity (Wildman–Crippen MR) is 70.2 cm³/mol. The van der Waals surface area contributed by atoms with Crippen LogP contribution in [0.3, 0.4) is 0 Å². The van der Waals surface area contributed by atoms with Crippen LogP contribution in [0.25, 0.3) is 0 Å². The molecule has 1 aromatic carbocycles. The lowest BCUT2D eigenvalue weighted by Crippen LogP contribution is -2.01.